The van der Waals surface area contributed by atoms with E-state index in [2.05, 4.69) is 328 Å². The Morgan fingerprint density at radius 2 is 0.489 bits per heavy atom. The monoisotopic (exact) mass is 1200 g/mol. The van der Waals surface area contributed by atoms with E-state index in [0.717, 1.165) is 117 Å². The minimum absolute atomic E-state index is 0.692. The van der Waals surface area contributed by atoms with Gasteiger partial charge in [0.15, 0.2) is 11.6 Å². The van der Waals surface area contributed by atoms with E-state index in [-0.39, 0.29) is 0 Å². The Kier molecular flexibility index (Phi) is 13.0. The molecule has 0 saturated carbocycles. The van der Waals surface area contributed by atoms with Gasteiger partial charge in [0, 0.05) is 77.3 Å². The van der Waals surface area contributed by atoms with Gasteiger partial charge in [-0.1, -0.05) is 237 Å². The second kappa shape index (κ2) is 22.6. The van der Waals surface area contributed by atoms with Crippen LogP contribution in [0.25, 0.3) is 167 Å². The average Bonchev–Trinajstić information content (AvgIpc) is 1.67. The molecule has 440 valence electrons. The lowest BCUT2D eigenvalue weighted by Gasteiger charge is -2.12. The third-order valence-corrected chi connectivity index (χ3v) is 18.2. The fourth-order valence-electron chi connectivity index (χ4n) is 14.1. The molecule has 0 atom stereocenters. The molecule has 94 heavy (non-hydrogen) atoms. The van der Waals surface area contributed by atoms with Crippen LogP contribution in [0.4, 0.5) is 0 Å². The van der Waals surface area contributed by atoms with Crippen molar-refractivity contribution >= 4 is 87.5 Å². The first-order chi connectivity index (χ1) is 46.7. The van der Waals surface area contributed by atoms with E-state index < -0.39 is 0 Å². The molecule has 8 nitrogen and oxygen atoms in total. The van der Waals surface area contributed by atoms with E-state index in [0.29, 0.717) is 11.6 Å². The molecular weight excluding hydrogens is 1150 g/mol. The lowest BCUT2D eigenvalue weighted by molar-refractivity contribution is 1.11. The van der Waals surface area contributed by atoms with Gasteiger partial charge in [-0.3, -0.25) is 9.13 Å². The van der Waals surface area contributed by atoms with Gasteiger partial charge in [0.05, 0.1) is 55.3 Å². The molecule has 0 saturated heterocycles. The lowest BCUT2D eigenvalue weighted by atomic mass is 10.0. The number of benzene rings is 13. The van der Waals surface area contributed by atoms with Crippen molar-refractivity contribution in [1.29, 1.82) is 0 Å². The summed E-state index contributed by atoms with van der Waals surface area (Å²) in [5.41, 5.74) is 21.3. The third-order valence-electron chi connectivity index (χ3n) is 18.2. The van der Waals surface area contributed by atoms with Gasteiger partial charge in [0.2, 0.25) is 0 Å². The molecule has 0 fully saturated rings. The fourth-order valence-corrected chi connectivity index (χ4v) is 14.1. The van der Waals surface area contributed by atoms with E-state index in [9.17, 15) is 0 Å². The van der Waals surface area contributed by atoms with Crippen molar-refractivity contribution in [3.8, 4) is 79.2 Å². The van der Waals surface area contributed by atoms with Gasteiger partial charge >= 0.3 is 0 Å². The molecule has 19 rings (SSSR count). The van der Waals surface area contributed by atoms with Crippen molar-refractivity contribution in [2.75, 3.05) is 0 Å². The quantitative estimate of drug-likeness (QED) is 0.144. The van der Waals surface area contributed by atoms with Gasteiger partial charge in [-0.15, -0.1) is 0 Å². The second-order valence-electron chi connectivity index (χ2n) is 23.7. The Morgan fingerprint density at radius 3 is 0.915 bits per heavy atom. The second-order valence-corrected chi connectivity index (χ2v) is 23.7. The maximum atomic E-state index is 5.45. The maximum Gasteiger partial charge on any atom is 0.162 e. The molecule has 0 aliphatic carbocycles. The molecule has 0 aliphatic heterocycles. The molecule has 6 aromatic heterocycles. The summed E-state index contributed by atoms with van der Waals surface area (Å²) in [5, 5.41) is 9.16. The number of hydrogen-bond donors (Lipinski definition) is 0. The number of aromatic nitrogens is 8. The lowest BCUT2D eigenvalue weighted by Crippen LogP contribution is -1.99. The summed E-state index contributed by atoms with van der Waals surface area (Å²) in [5.74, 6) is 1.40. The largest absolute Gasteiger partial charge is 0.309 e. The predicted molar refractivity (Wildman–Crippen MR) is 389 cm³/mol. The smallest absolute Gasteiger partial charge is 0.162 e. The van der Waals surface area contributed by atoms with Crippen LogP contribution >= 0.6 is 0 Å². The van der Waals surface area contributed by atoms with Crippen LogP contribution in [0.1, 0.15) is 0 Å². The van der Waals surface area contributed by atoms with E-state index in [1.165, 1.54) is 38.1 Å². The Balaban J connectivity index is 0.000000139. The Hall–Kier alpha value is -12.8. The molecule has 0 bridgehead atoms. The van der Waals surface area contributed by atoms with Gasteiger partial charge in [0.1, 0.15) is 11.3 Å². The van der Waals surface area contributed by atoms with Crippen molar-refractivity contribution in [3.63, 3.8) is 0 Å². The molecule has 0 spiro atoms. The summed E-state index contributed by atoms with van der Waals surface area (Å²) in [4.78, 5) is 21.4. The summed E-state index contributed by atoms with van der Waals surface area (Å²) in [6, 6.07) is 119. The first-order valence-electron chi connectivity index (χ1n) is 31.8. The molecule has 0 unspecified atom stereocenters. The minimum atomic E-state index is 0.692. The van der Waals surface area contributed by atoms with Crippen LogP contribution in [0.15, 0.2) is 340 Å². The van der Waals surface area contributed by atoms with E-state index in [4.69, 9.17) is 19.9 Å². The average molecular weight is 1200 g/mol. The predicted octanol–water partition coefficient (Wildman–Crippen LogP) is 21.7. The van der Waals surface area contributed by atoms with E-state index >= 15 is 0 Å². The summed E-state index contributed by atoms with van der Waals surface area (Å²) >= 11 is 0. The first-order valence-corrected chi connectivity index (χ1v) is 31.8. The summed E-state index contributed by atoms with van der Waals surface area (Å²) in [6.45, 7) is 0. The van der Waals surface area contributed by atoms with Crippen molar-refractivity contribution in [1.82, 2.24) is 38.2 Å². The highest BCUT2D eigenvalue weighted by Crippen LogP contribution is 2.44. The zero-order chi connectivity index (χ0) is 62.1. The number of fused-ring (bicyclic) bond motifs is 12. The Bertz CT molecular complexity index is 6070. The molecule has 8 heteroatoms. The number of nitrogens with zero attached hydrogens (tertiary/aromatic N) is 8. The van der Waals surface area contributed by atoms with Crippen LogP contribution in [0.3, 0.4) is 0 Å². The van der Waals surface area contributed by atoms with Crippen LogP contribution in [-0.2, 0) is 0 Å². The zero-order valence-electron chi connectivity index (χ0n) is 50.9. The summed E-state index contributed by atoms with van der Waals surface area (Å²) in [7, 11) is 0. The zero-order valence-corrected chi connectivity index (χ0v) is 50.9. The van der Waals surface area contributed by atoms with E-state index in [1.807, 2.05) is 30.3 Å². The van der Waals surface area contributed by atoms with Crippen molar-refractivity contribution < 1.29 is 0 Å². The fraction of sp³-hybridized carbons (Fsp3) is 0. The molecule has 6 heterocycles. The molecule has 13 aromatic carbocycles. The van der Waals surface area contributed by atoms with Crippen LogP contribution < -0.4 is 0 Å². The number of para-hydroxylation sites is 8. The highest BCUT2D eigenvalue weighted by molar-refractivity contribution is 6.18. The van der Waals surface area contributed by atoms with E-state index in [1.54, 1.807) is 0 Å². The Labute approximate surface area is 541 Å². The molecule has 0 N–H and O–H groups in total. The van der Waals surface area contributed by atoms with Crippen LogP contribution in [-0.4, -0.2) is 38.2 Å². The normalized spacial score (nSPS) is 11.6. The van der Waals surface area contributed by atoms with Crippen molar-refractivity contribution in [2.45, 2.75) is 0 Å². The highest BCUT2D eigenvalue weighted by Gasteiger charge is 2.25. The highest BCUT2D eigenvalue weighted by atomic mass is 15.1. The van der Waals surface area contributed by atoms with Gasteiger partial charge in [-0.05, 0) is 114 Å². The van der Waals surface area contributed by atoms with Gasteiger partial charge in [-0.25, -0.2) is 19.9 Å². The SMILES string of the molecule is c1ccc(-c2cccc(-c3nc(-c4ccc5c(c4)c4ccccc4n5-c4ccccc4)c4c5ccccc5n(-c5ccccc5)c4n3)c2)cc1.c1ccc(-c2nc(-c3ccc4c(c3)c3ccccc3n4-c3ccccc3)c3c4ccccc4n(-c4ccccc4)c3n2)cc1. The molecular formula is C86H56N8. The number of rotatable bonds is 9. The van der Waals surface area contributed by atoms with Gasteiger partial charge < -0.3 is 9.13 Å². The van der Waals surface area contributed by atoms with Crippen LogP contribution in [0.5, 0.6) is 0 Å². The summed E-state index contributed by atoms with van der Waals surface area (Å²) in [6.07, 6.45) is 0. The van der Waals surface area contributed by atoms with Gasteiger partial charge in [0.25, 0.3) is 0 Å². The van der Waals surface area contributed by atoms with Gasteiger partial charge in [-0.2, -0.15) is 0 Å². The minimum Gasteiger partial charge on any atom is -0.309 e. The first kappa shape index (κ1) is 54.2. The summed E-state index contributed by atoms with van der Waals surface area (Å²) < 4.78 is 9.24. The van der Waals surface area contributed by atoms with Crippen LogP contribution in [0, 0.1) is 0 Å². The molecule has 0 radical (unpaired) electrons. The topological polar surface area (TPSA) is 71.3 Å². The molecule has 0 amide bonds. The Morgan fingerprint density at radius 1 is 0.181 bits per heavy atom. The standard InChI is InChI=1S/C46H30N4.C40H26N4/c1-4-15-31(16-5-1)32-17-14-18-34(29-32)45-47-44(43-38-24-11-13-26-41(38)50(46(43)48-45)36-21-8-3-9-22-36)33-27-28-42-39(30-33)37-23-10-12-25-40(37)49(42)35-19-6-2-7-20-35;1-4-14-27(15-5-1)39-41-38(37-32-21-11-13-23-35(32)44(40(37)42-39)30-18-8-3-9-19-30)28-24-25-36-33(26-28)31-20-10-12-22-34(31)43(36)29-16-6-2-7-17-29/h1-30H;1-26H. The molecule has 0 aliphatic rings. The van der Waals surface area contributed by atoms with Crippen molar-refractivity contribution in [3.05, 3.63) is 340 Å². The van der Waals surface area contributed by atoms with Crippen LogP contribution in [0.2, 0.25) is 0 Å². The maximum absolute atomic E-state index is 5.45. The number of hydrogen-bond acceptors (Lipinski definition) is 4. The molecule has 19 aromatic rings. The third kappa shape index (κ3) is 9.07. The van der Waals surface area contributed by atoms with Crippen molar-refractivity contribution in [2.24, 2.45) is 0 Å².